The molecule has 2 aromatic heterocycles. The summed E-state index contributed by atoms with van der Waals surface area (Å²) in [5.74, 6) is -0.557. The van der Waals surface area contributed by atoms with Gasteiger partial charge in [-0.1, -0.05) is 23.5 Å². The summed E-state index contributed by atoms with van der Waals surface area (Å²) in [6, 6.07) is 6.46. The molecule has 1 aromatic carbocycles. The number of nitrogens with zero attached hydrogens (tertiary/aromatic N) is 3. The molecule has 3 aromatic rings. The summed E-state index contributed by atoms with van der Waals surface area (Å²) < 4.78 is 19.4. The van der Waals surface area contributed by atoms with Gasteiger partial charge >= 0.3 is 0 Å². The lowest BCUT2D eigenvalue weighted by atomic mass is 10.2. The second kappa shape index (κ2) is 7.56. The largest absolute Gasteiger partial charge is 0.371 e. The maximum absolute atomic E-state index is 13.8. The van der Waals surface area contributed by atoms with Crippen LogP contribution in [0, 0.1) is 5.82 Å². The molecule has 134 valence electrons. The minimum Gasteiger partial charge on any atom is -0.371 e. The van der Waals surface area contributed by atoms with Gasteiger partial charge in [0.1, 0.15) is 21.9 Å². The Morgan fingerprint density at radius 1 is 1.35 bits per heavy atom. The number of nitrogens with one attached hydrogen (secondary N) is 1. The average Bonchev–Trinajstić information content (AvgIpc) is 3.36. The third-order valence-corrected chi connectivity index (χ3v) is 5.74. The fourth-order valence-corrected chi connectivity index (χ4v) is 4.35. The van der Waals surface area contributed by atoms with Crippen molar-refractivity contribution in [3.63, 3.8) is 0 Å². The van der Waals surface area contributed by atoms with Gasteiger partial charge in [0, 0.05) is 17.6 Å². The summed E-state index contributed by atoms with van der Waals surface area (Å²) >= 11 is 2.64. The molecule has 1 amide bonds. The third kappa shape index (κ3) is 3.79. The molecule has 3 heterocycles. The summed E-state index contributed by atoms with van der Waals surface area (Å²) in [4.78, 5) is 16.6. The molecule has 0 bridgehead atoms. The van der Waals surface area contributed by atoms with Gasteiger partial charge in [-0.15, -0.1) is 21.5 Å². The number of hydrogen-bond donors (Lipinski definition) is 1. The van der Waals surface area contributed by atoms with Crippen molar-refractivity contribution >= 4 is 33.7 Å². The van der Waals surface area contributed by atoms with Crippen LogP contribution in [-0.4, -0.2) is 27.7 Å². The fourth-order valence-electron chi connectivity index (χ4n) is 2.66. The van der Waals surface area contributed by atoms with E-state index in [1.807, 2.05) is 0 Å². The Morgan fingerprint density at radius 2 is 2.23 bits per heavy atom. The number of amides is 1. The summed E-state index contributed by atoms with van der Waals surface area (Å²) in [7, 11) is 0. The second-order valence-corrected chi connectivity index (χ2v) is 7.66. The second-order valence-electron chi connectivity index (χ2n) is 5.80. The number of benzene rings is 1. The van der Waals surface area contributed by atoms with Crippen LogP contribution >= 0.6 is 22.7 Å². The Balaban J connectivity index is 1.39. The van der Waals surface area contributed by atoms with Crippen LogP contribution in [0.15, 0.2) is 29.6 Å². The van der Waals surface area contributed by atoms with Gasteiger partial charge in [0.05, 0.1) is 12.1 Å². The molecular formula is C17H15FN4O2S2. The van der Waals surface area contributed by atoms with Crippen LogP contribution in [0.1, 0.15) is 29.6 Å². The lowest BCUT2D eigenvalue weighted by Crippen LogP contribution is -2.14. The summed E-state index contributed by atoms with van der Waals surface area (Å²) in [6.45, 7) is 0.736. The van der Waals surface area contributed by atoms with E-state index in [4.69, 9.17) is 4.74 Å². The van der Waals surface area contributed by atoms with Crippen LogP contribution in [0.25, 0.3) is 10.6 Å². The Hall–Kier alpha value is -2.23. The molecule has 0 radical (unpaired) electrons. The fraction of sp³-hybridized carbons (Fsp3) is 0.294. The Labute approximate surface area is 157 Å². The van der Waals surface area contributed by atoms with Crippen molar-refractivity contribution in [3.05, 3.63) is 46.2 Å². The monoisotopic (exact) mass is 390 g/mol. The van der Waals surface area contributed by atoms with Gasteiger partial charge in [-0.3, -0.25) is 4.79 Å². The Morgan fingerprint density at radius 3 is 3.04 bits per heavy atom. The molecule has 1 N–H and O–H groups in total. The molecule has 0 aliphatic carbocycles. The van der Waals surface area contributed by atoms with Crippen molar-refractivity contribution in [1.29, 1.82) is 0 Å². The topological polar surface area (TPSA) is 77.0 Å². The molecule has 1 aliphatic rings. The van der Waals surface area contributed by atoms with Crippen LogP contribution in [0.5, 0.6) is 0 Å². The Kier molecular flexibility index (Phi) is 5.00. The standard InChI is InChI=1S/C17H15FN4O2S2/c18-12-5-2-1-4-11(12)15-19-10(9-25-15)8-14(23)20-17-22-21-16(26-17)13-6-3-7-24-13/h1-2,4-5,9,13H,3,6-8H2,(H,20,22,23)/t13-/m0/s1. The zero-order valence-corrected chi connectivity index (χ0v) is 15.3. The van der Waals surface area contributed by atoms with E-state index in [-0.39, 0.29) is 24.2 Å². The van der Waals surface area contributed by atoms with E-state index < -0.39 is 0 Å². The maximum Gasteiger partial charge on any atom is 0.232 e. The summed E-state index contributed by atoms with van der Waals surface area (Å²) in [6.07, 6.45) is 2.03. The minimum atomic E-state index is -0.326. The van der Waals surface area contributed by atoms with Gasteiger partial charge in [0.2, 0.25) is 11.0 Å². The maximum atomic E-state index is 13.8. The molecule has 0 spiro atoms. The average molecular weight is 390 g/mol. The normalized spacial score (nSPS) is 16.7. The van der Waals surface area contributed by atoms with E-state index in [2.05, 4.69) is 20.5 Å². The molecule has 1 saturated heterocycles. The van der Waals surface area contributed by atoms with Crippen LogP contribution in [0.3, 0.4) is 0 Å². The van der Waals surface area contributed by atoms with Crippen molar-refractivity contribution in [2.75, 3.05) is 11.9 Å². The highest BCUT2D eigenvalue weighted by atomic mass is 32.1. The number of rotatable bonds is 5. The molecule has 0 unspecified atom stereocenters. The first-order valence-electron chi connectivity index (χ1n) is 8.13. The van der Waals surface area contributed by atoms with E-state index in [1.54, 1.807) is 23.6 Å². The SMILES string of the molecule is O=C(Cc1csc(-c2ccccc2F)n1)Nc1nnc([C@@H]2CCCO2)s1. The number of ether oxygens (including phenoxy) is 1. The Bertz CT molecular complexity index is 921. The van der Waals surface area contributed by atoms with E-state index in [0.29, 0.717) is 21.4 Å². The van der Waals surface area contributed by atoms with E-state index in [0.717, 1.165) is 24.5 Å². The van der Waals surface area contributed by atoms with Crippen molar-refractivity contribution in [2.24, 2.45) is 0 Å². The number of carbonyl (C=O) groups is 1. The van der Waals surface area contributed by atoms with E-state index in [1.165, 1.54) is 28.7 Å². The van der Waals surface area contributed by atoms with Crippen LogP contribution in [0.2, 0.25) is 0 Å². The highest BCUT2D eigenvalue weighted by molar-refractivity contribution is 7.15. The molecule has 1 fully saturated rings. The van der Waals surface area contributed by atoms with Crippen LogP contribution < -0.4 is 5.32 Å². The zero-order valence-electron chi connectivity index (χ0n) is 13.6. The quantitative estimate of drug-likeness (QED) is 0.716. The van der Waals surface area contributed by atoms with Gasteiger partial charge in [-0.2, -0.15) is 0 Å². The molecule has 1 atom stereocenters. The third-order valence-electron chi connectivity index (χ3n) is 3.89. The number of carbonyl (C=O) groups excluding carboxylic acids is 1. The molecule has 1 aliphatic heterocycles. The highest BCUT2D eigenvalue weighted by Gasteiger charge is 2.22. The predicted molar refractivity (Wildman–Crippen MR) is 97.7 cm³/mol. The van der Waals surface area contributed by atoms with Crippen molar-refractivity contribution in [1.82, 2.24) is 15.2 Å². The van der Waals surface area contributed by atoms with Gasteiger partial charge in [-0.05, 0) is 25.0 Å². The predicted octanol–water partition coefficient (Wildman–Crippen LogP) is 3.83. The minimum absolute atomic E-state index is 0.0139. The first-order chi connectivity index (χ1) is 12.7. The number of hydrogen-bond acceptors (Lipinski definition) is 7. The highest BCUT2D eigenvalue weighted by Crippen LogP contribution is 2.32. The van der Waals surface area contributed by atoms with Gasteiger partial charge in [0.25, 0.3) is 0 Å². The number of aromatic nitrogens is 3. The molecule has 26 heavy (non-hydrogen) atoms. The van der Waals surface area contributed by atoms with Gasteiger partial charge in [0.15, 0.2) is 0 Å². The lowest BCUT2D eigenvalue weighted by Gasteiger charge is -2.02. The van der Waals surface area contributed by atoms with Crippen LogP contribution in [0.4, 0.5) is 9.52 Å². The lowest BCUT2D eigenvalue weighted by molar-refractivity contribution is -0.115. The van der Waals surface area contributed by atoms with Crippen molar-refractivity contribution in [2.45, 2.75) is 25.4 Å². The van der Waals surface area contributed by atoms with E-state index >= 15 is 0 Å². The van der Waals surface area contributed by atoms with Crippen molar-refractivity contribution < 1.29 is 13.9 Å². The first kappa shape index (κ1) is 17.2. The van der Waals surface area contributed by atoms with Gasteiger partial charge in [-0.25, -0.2) is 9.37 Å². The number of anilines is 1. The molecule has 0 saturated carbocycles. The van der Waals surface area contributed by atoms with Gasteiger partial charge < -0.3 is 10.1 Å². The summed E-state index contributed by atoms with van der Waals surface area (Å²) in [5.41, 5.74) is 1.03. The summed E-state index contributed by atoms with van der Waals surface area (Å²) in [5, 5.41) is 14.4. The molecular weight excluding hydrogens is 375 g/mol. The molecule has 9 heteroatoms. The zero-order chi connectivity index (χ0) is 17.9. The molecule has 4 rings (SSSR count). The number of thiazole rings is 1. The van der Waals surface area contributed by atoms with E-state index in [9.17, 15) is 9.18 Å². The number of halogens is 1. The van der Waals surface area contributed by atoms with Crippen molar-refractivity contribution in [3.8, 4) is 10.6 Å². The first-order valence-corrected chi connectivity index (χ1v) is 9.83. The van der Waals surface area contributed by atoms with Crippen LogP contribution in [-0.2, 0) is 16.0 Å². The smallest absolute Gasteiger partial charge is 0.232 e. The molecule has 6 nitrogen and oxygen atoms in total.